The van der Waals surface area contributed by atoms with Crippen molar-refractivity contribution in [1.82, 2.24) is 19.7 Å². The van der Waals surface area contributed by atoms with Gasteiger partial charge in [-0.15, -0.1) is 10.2 Å². The second kappa shape index (κ2) is 6.66. The number of fused-ring (bicyclic) bond motifs is 2. The molecule has 1 aromatic carbocycles. The maximum atomic E-state index is 12.7. The largest absolute Gasteiger partial charge is 0.472 e. The maximum Gasteiger partial charge on any atom is 0.293 e. The van der Waals surface area contributed by atoms with Gasteiger partial charge in [0.25, 0.3) is 5.91 Å². The minimum absolute atomic E-state index is 0.202. The van der Waals surface area contributed by atoms with E-state index in [1.165, 1.54) is 5.56 Å². The Labute approximate surface area is 157 Å². The molecule has 2 aliphatic rings. The van der Waals surface area contributed by atoms with E-state index in [0.29, 0.717) is 17.7 Å². The molecular weight excluding hydrogens is 342 g/mol. The molecule has 1 N–H and O–H groups in total. The third-order valence-electron chi connectivity index (χ3n) is 5.56. The quantitative estimate of drug-likeness (QED) is 0.770. The fourth-order valence-electron chi connectivity index (χ4n) is 4.27. The highest BCUT2D eigenvalue weighted by molar-refractivity contribution is 6.01. The van der Waals surface area contributed by atoms with Crippen LogP contribution < -0.4 is 5.32 Å². The maximum absolute atomic E-state index is 12.7. The number of hydrogen-bond donors (Lipinski definition) is 1. The van der Waals surface area contributed by atoms with Crippen molar-refractivity contribution in [1.29, 1.82) is 0 Å². The van der Waals surface area contributed by atoms with Crippen LogP contribution in [0, 0.1) is 11.8 Å². The molecule has 27 heavy (non-hydrogen) atoms. The normalized spacial score (nSPS) is 21.6. The Balaban J connectivity index is 1.30. The van der Waals surface area contributed by atoms with Gasteiger partial charge in [-0.25, -0.2) is 0 Å². The van der Waals surface area contributed by atoms with E-state index >= 15 is 0 Å². The minimum atomic E-state index is -0.202. The number of nitrogens with one attached hydrogen (secondary N) is 1. The van der Waals surface area contributed by atoms with Crippen LogP contribution in [0.25, 0.3) is 0 Å². The van der Waals surface area contributed by atoms with Gasteiger partial charge in [0.2, 0.25) is 5.82 Å². The molecule has 0 spiro atoms. The fraction of sp³-hybridized carbons (Fsp3) is 0.350. The molecule has 7 heteroatoms. The van der Waals surface area contributed by atoms with Crippen molar-refractivity contribution in [3.05, 3.63) is 66.1 Å². The third-order valence-corrected chi connectivity index (χ3v) is 5.56. The predicted octanol–water partition coefficient (Wildman–Crippen LogP) is 2.43. The topological polar surface area (TPSA) is 76.2 Å². The lowest BCUT2D eigenvalue weighted by Gasteiger charge is -2.25. The zero-order chi connectivity index (χ0) is 18.2. The van der Waals surface area contributed by atoms with Crippen LogP contribution in [0.15, 0.2) is 53.3 Å². The molecule has 0 bridgehead atoms. The highest BCUT2D eigenvalue weighted by atomic mass is 16.3. The number of carbonyl (C=O) groups excluding carboxylic acids is 1. The highest BCUT2D eigenvalue weighted by Crippen LogP contribution is 2.33. The SMILES string of the molecule is O=C(Nc1ccccc1)c1nnc2n1C[C@@H]1CN(Cc3ccoc3)C[C@H]1C2. The van der Waals surface area contributed by atoms with Crippen molar-refractivity contribution >= 4 is 11.6 Å². The standard InChI is InChI=1S/C20H21N5O2/c26-20(21-17-4-2-1-3-5-17)19-23-22-18-8-15-10-24(9-14-6-7-27-13-14)11-16(15)12-25(18)19/h1-7,13,15-16H,8-12H2,(H,21,26)/t15-,16+/m1/s1. The molecule has 7 nitrogen and oxygen atoms in total. The van der Waals surface area contributed by atoms with Crippen molar-refractivity contribution in [3.63, 3.8) is 0 Å². The third kappa shape index (κ3) is 3.14. The molecule has 0 unspecified atom stereocenters. The van der Waals surface area contributed by atoms with Crippen molar-refractivity contribution in [2.75, 3.05) is 18.4 Å². The summed E-state index contributed by atoms with van der Waals surface area (Å²) in [6, 6.07) is 11.5. The Hall–Kier alpha value is -2.93. The summed E-state index contributed by atoms with van der Waals surface area (Å²) in [5.74, 6) is 2.20. The number of rotatable bonds is 4. The van der Waals surface area contributed by atoms with Crippen molar-refractivity contribution in [2.24, 2.45) is 11.8 Å². The summed E-state index contributed by atoms with van der Waals surface area (Å²) in [4.78, 5) is 15.1. The van der Waals surface area contributed by atoms with Gasteiger partial charge < -0.3 is 14.3 Å². The van der Waals surface area contributed by atoms with Crippen LogP contribution in [0.5, 0.6) is 0 Å². The first-order chi connectivity index (χ1) is 13.3. The number of aromatic nitrogens is 3. The molecule has 1 fully saturated rings. The Morgan fingerprint density at radius 3 is 2.78 bits per heavy atom. The Bertz CT molecular complexity index is 935. The van der Waals surface area contributed by atoms with Crippen molar-refractivity contribution < 1.29 is 9.21 Å². The van der Waals surface area contributed by atoms with Gasteiger partial charge in [0, 0.05) is 43.9 Å². The van der Waals surface area contributed by atoms with Crippen LogP contribution >= 0.6 is 0 Å². The second-order valence-electron chi connectivity index (χ2n) is 7.42. The zero-order valence-electron chi connectivity index (χ0n) is 14.9. The number of hydrogen-bond acceptors (Lipinski definition) is 5. The van der Waals surface area contributed by atoms with E-state index in [1.807, 2.05) is 47.2 Å². The lowest BCUT2D eigenvalue weighted by molar-refractivity contribution is 0.100. The van der Waals surface area contributed by atoms with Gasteiger partial charge >= 0.3 is 0 Å². The molecule has 0 aliphatic carbocycles. The highest BCUT2D eigenvalue weighted by Gasteiger charge is 2.39. The first-order valence-electron chi connectivity index (χ1n) is 9.28. The number of nitrogens with zero attached hydrogens (tertiary/aromatic N) is 4. The second-order valence-corrected chi connectivity index (χ2v) is 7.42. The van der Waals surface area contributed by atoms with Crippen LogP contribution in [-0.4, -0.2) is 38.7 Å². The smallest absolute Gasteiger partial charge is 0.293 e. The molecule has 2 aliphatic heterocycles. The van der Waals surface area contributed by atoms with E-state index in [2.05, 4.69) is 20.4 Å². The molecule has 2 atom stereocenters. The van der Waals surface area contributed by atoms with E-state index in [-0.39, 0.29) is 5.91 Å². The van der Waals surface area contributed by atoms with Gasteiger partial charge in [-0.3, -0.25) is 9.69 Å². The molecule has 5 rings (SSSR count). The van der Waals surface area contributed by atoms with E-state index in [9.17, 15) is 4.79 Å². The number of likely N-dealkylation sites (tertiary alicyclic amines) is 1. The average molecular weight is 363 g/mol. The van der Waals surface area contributed by atoms with E-state index in [4.69, 9.17) is 4.42 Å². The summed E-state index contributed by atoms with van der Waals surface area (Å²) in [5.41, 5.74) is 1.97. The Morgan fingerprint density at radius 2 is 1.96 bits per heavy atom. The molecule has 138 valence electrons. The van der Waals surface area contributed by atoms with Crippen LogP contribution in [-0.2, 0) is 19.5 Å². The van der Waals surface area contributed by atoms with Gasteiger partial charge in [0.1, 0.15) is 5.82 Å². The summed E-state index contributed by atoms with van der Waals surface area (Å²) in [6.07, 6.45) is 4.40. The fourth-order valence-corrected chi connectivity index (χ4v) is 4.27. The summed E-state index contributed by atoms with van der Waals surface area (Å²) in [5, 5.41) is 11.4. The van der Waals surface area contributed by atoms with Crippen molar-refractivity contribution in [2.45, 2.75) is 19.5 Å². The Morgan fingerprint density at radius 1 is 1.11 bits per heavy atom. The van der Waals surface area contributed by atoms with Crippen LogP contribution in [0.4, 0.5) is 5.69 Å². The summed E-state index contributed by atoms with van der Waals surface area (Å²) < 4.78 is 7.18. The average Bonchev–Trinajstić information content (AvgIpc) is 3.40. The Kier molecular flexibility index (Phi) is 4.01. The molecule has 2 aromatic heterocycles. The molecular formula is C20H21N5O2. The summed E-state index contributed by atoms with van der Waals surface area (Å²) in [7, 11) is 0. The molecule has 4 heterocycles. The summed E-state index contributed by atoms with van der Waals surface area (Å²) >= 11 is 0. The number of furan rings is 1. The lowest BCUT2D eigenvalue weighted by Crippen LogP contribution is -2.31. The molecule has 0 radical (unpaired) electrons. The number of benzene rings is 1. The number of amides is 1. The predicted molar refractivity (Wildman–Crippen MR) is 99.1 cm³/mol. The molecule has 3 aromatic rings. The van der Waals surface area contributed by atoms with Crippen LogP contribution in [0.1, 0.15) is 22.0 Å². The first kappa shape index (κ1) is 16.3. The van der Waals surface area contributed by atoms with Crippen LogP contribution in [0.2, 0.25) is 0 Å². The monoisotopic (exact) mass is 363 g/mol. The molecule has 1 saturated heterocycles. The molecule has 0 saturated carbocycles. The number of anilines is 1. The van der Waals surface area contributed by atoms with Gasteiger partial charge in [0.15, 0.2) is 0 Å². The number of carbonyl (C=O) groups is 1. The summed E-state index contributed by atoms with van der Waals surface area (Å²) in [6.45, 7) is 3.78. The van der Waals surface area contributed by atoms with E-state index in [0.717, 1.165) is 44.1 Å². The van der Waals surface area contributed by atoms with Gasteiger partial charge in [0.05, 0.1) is 12.5 Å². The zero-order valence-corrected chi connectivity index (χ0v) is 14.9. The van der Waals surface area contributed by atoms with Gasteiger partial charge in [-0.2, -0.15) is 0 Å². The van der Waals surface area contributed by atoms with Gasteiger partial charge in [-0.1, -0.05) is 18.2 Å². The lowest BCUT2D eigenvalue weighted by atomic mass is 9.89. The first-order valence-corrected chi connectivity index (χ1v) is 9.28. The van der Waals surface area contributed by atoms with E-state index < -0.39 is 0 Å². The number of para-hydroxylation sites is 1. The van der Waals surface area contributed by atoms with Crippen molar-refractivity contribution in [3.8, 4) is 0 Å². The van der Waals surface area contributed by atoms with Gasteiger partial charge in [-0.05, 0) is 30.0 Å². The minimum Gasteiger partial charge on any atom is -0.472 e. The molecule has 1 amide bonds. The van der Waals surface area contributed by atoms with Crippen LogP contribution in [0.3, 0.4) is 0 Å². The van der Waals surface area contributed by atoms with E-state index in [1.54, 1.807) is 6.26 Å².